The van der Waals surface area contributed by atoms with Gasteiger partial charge in [0.1, 0.15) is 11.5 Å². The molecule has 0 amide bonds. The van der Waals surface area contributed by atoms with E-state index < -0.39 is 0 Å². The van der Waals surface area contributed by atoms with E-state index in [-0.39, 0.29) is 11.9 Å². The number of nitrogens with zero attached hydrogens (tertiary/aromatic N) is 1. The van der Waals surface area contributed by atoms with Crippen LogP contribution in [0.2, 0.25) is 0 Å². The van der Waals surface area contributed by atoms with Gasteiger partial charge in [-0.25, -0.2) is 0 Å². The number of hydrogen-bond donors (Lipinski definition) is 0. The van der Waals surface area contributed by atoms with Crippen LogP contribution in [0.5, 0.6) is 5.75 Å². The Bertz CT molecular complexity index is 1110. The minimum atomic E-state index is -0.273. The SMILES string of the molecule is CC.CCCCCCCCCCCCCCCC(CCCCCCCCCCCCCCC)N(CC)CCCCCCCOC(=O)C(C)c1ccc(OC2=CCCC=C2)cc1. The summed E-state index contributed by atoms with van der Waals surface area (Å²) in [5, 5.41) is 0. The van der Waals surface area contributed by atoms with Crippen LogP contribution in [0, 0.1) is 0 Å². The molecule has 0 heterocycles. The molecule has 0 bridgehead atoms. The number of ether oxygens (including phenoxy) is 2. The third kappa shape index (κ3) is 32.3. The fourth-order valence-corrected chi connectivity index (χ4v) is 8.91. The molecule has 0 spiro atoms. The quantitative estimate of drug-likeness (QED) is 0.0485. The first-order valence-corrected chi connectivity index (χ1v) is 27.1. The minimum Gasteiger partial charge on any atom is -0.465 e. The normalized spacial score (nSPS) is 13.0. The van der Waals surface area contributed by atoms with Gasteiger partial charge in [0.25, 0.3) is 0 Å². The molecular weight excluding hydrogens is 747 g/mol. The van der Waals surface area contributed by atoms with Crippen molar-refractivity contribution in [3.8, 4) is 5.75 Å². The fourth-order valence-electron chi connectivity index (χ4n) is 8.91. The molecule has 0 saturated carbocycles. The summed E-state index contributed by atoms with van der Waals surface area (Å²) in [7, 11) is 0. The summed E-state index contributed by atoms with van der Waals surface area (Å²) in [6.07, 6.45) is 54.3. The van der Waals surface area contributed by atoms with Crippen LogP contribution >= 0.6 is 0 Å². The average molecular weight is 850 g/mol. The molecule has 1 atom stereocenters. The van der Waals surface area contributed by atoms with Crippen LogP contribution in [0.25, 0.3) is 0 Å². The van der Waals surface area contributed by atoms with Gasteiger partial charge in [-0.3, -0.25) is 4.79 Å². The predicted molar refractivity (Wildman–Crippen MR) is 269 cm³/mol. The first-order chi connectivity index (χ1) is 30.1. The Kier molecular flexibility index (Phi) is 40.3. The number of hydrogen-bond acceptors (Lipinski definition) is 4. The summed E-state index contributed by atoms with van der Waals surface area (Å²) in [6, 6.07) is 8.63. The van der Waals surface area contributed by atoms with Crippen molar-refractivity contribution in [2.75, 3.05) is 19.7 Å². The summed E-state index contributed by atoms with van der Waals surface area (Å²) < 4.78 is 11.7. The van der Waals surface area contributed by atoms with Gasteiger partial charge in [-0.05, 0) is 88.4 Å². The summed E-state index contributed by atoms with van der Waals surface area (Å²) >= 11 is 0. The van der Waals surface area contributed by atoms with Gasteiger partial charge < -0.3 is 14.4 Å². The zero-order chi connectivity index (χ0) is 44.3. The number of esters is 1. The lowest BCUT2D eigenvalue weighted by molar-refractivity contribution is -0.145. The number of rotatable bonds is 42. The zero-order valence-corrected chi connectivity index (χ0v) is 41.7. The van der Waals surface area contributed by atoms with Crippen molar-refractivity contribution >= 4 is 5.97 Å². The Morgan fingerprint density at radius 3 is 1.41 bits per heavy atom. The van der Waals surface area contributed by atoms with E-state index in [0.717, 1.165) is 48.8 Å². The second-order valence-corrected chi connectivity index (χ2v) is 18.3. The highest BCUT2D eigenvalue weighted by molar-refractivity contribution is 5.77. The van der Waals surface area contributed by atoms with Gasteiger partial charge >= 0.3 is 5.97 Å². The molecule has 2 rings (SSSR count). The molecular formula is C57H103NO3. The molecule has 0 aliphatic heterocycles. The van der Waals surface area contributed by atoms with E-state index in [1.165, 1.54) is 212 Å². The average Bonchev–Trinajstić information content (AvgIpc) is 3.29. The Morgan fingerprint density at radius 1 is 0.557 bits per heavy atom. The first kappa shape index (κ1) is 56.9. The molecule has 1 unspecified atom stereocenters. The van der Waals surface area contributed by atoms with Crippen molar-refractivity contribution in [2.45, 2.75) is 278 Å². The lowest BCUT2D eigenvalue weighted by atomic mass is 9.98. The van der Waals surface area contributed by atoms with Gasteiger partial charge in [-0.2, -0.15) is 0 Å². The number of allylic oxidation sites excluding steroid dienone is 3. The summed E-state index contributed by atoms with van der Waals surface area (Å²) in [5.41, 5.74) is 0.970. The predicted octanol–water partition coefficient (Wildman–Crippen LogP) is 18.6. The lowest BCUT2D eigenvalue weighted by Crippen LogP contribution is -2.36. The van der Waals surface area contributed by atoms with Crippen molar-refractivity contribution in [2.24, 2.45) is 0 Å². The smallest absolute Gasteiger partial charge is 0.313 e. The van der Waals surface area contributed by atoms with Gasteiger partial charge in [-0.15, -0.1) is 0 Å². The number of carbonyl (C=O) groups is 1. The molecule has 1 aromatic carbocycles. The Hall–Kier alpha value is -2.07. The molecule has 0 radical (unpaired) electrons. The zero-order valence-electron chi connectivity index (χ0n) is 41.7. The van der Waals surface area contributed by atoms with Gasteiger partial charge in [0.15, 0.2) is 0 Å². The van der Waals surface area contributed by atoms with Crippen LogP contribution in [0.3, 0.4) is 0 Å². The number of carbonyl (C=O) groups excluding carboxylic acids is 1. The highest BCUT2D eigenvalue weighted by atomic mass is 16.5. The highest BCUT2D eigenvalue weighted by Gasteiger charge is 2.18. The number of unbranched alkanes of at least 4 members (excludes halogenated alkanes) is 28. The molecule has 354 valence electrons. The maximum absolute atomic E-state index is 12.8. The van der Waals surface area contributed by atoms with E-state index in [0.29, 0.717) is 6.61 Å². The van der Waals surface area contributed by atoms with E-state index in [4.69, 9.17) is 9.47 Å². The molecule has 61 heavy (non-hydrogen) atoms. The summed E-state index contributed by atoms with van der Waals surface area (Å²) in [4.78, 5) is 15.6. The third-order valence-electron chi connectivity index (χ3n) is 13.0. The molecule has 1 aromatic rings. The maximum atomic E-state index is 12.8. The Balaban J connectivity index is 0.00000916. The maximum Gasteiger partial charge on any atom is 0.313 e. The van der Waals surface area contributed by atoms with E-state index in [2.05, 4.69) is 37.8 Å². The molecule has 0 aromatic heterocycles. The summed E-state index contributed by atoms with van der Waals surface area (Å²) in [5.74, 6) is 1.29. The number of benzene rings is 1. The van der Waals surface area contributed by atoms with E-state index in [9.17, 15) is 4.79 Å². The third-order valence-corrected chi connectivity index (χ3v) is 13.0. The van der Waals surface area contributed by atoms with Crippen LogP contribution in [0.15, 0.2) is 48.3 Å². The fraction of sp³-hybridized carbons (Fsp3) is 0.807. The second kappa shape index (κ2) is 43.2. The highest BCUT2D eigenvalue weighted by Crippen LogP contribution is 2.24. The lowest BCUT2D eigenvalue weighted by Gasteiger charge is -2.31. The van der Waals surface area contributed by atoms with Crippen molar-refractivity contribution in [3.05, 3.63) is 53.8 Å². The largest absolute Gasteiger partial charge is 0.465 e. The van der Waals surface area contributed by atoms with E-state index >= 15 is 0 Å². The van der Waals surface area contributed by atoms with Crippen molar-refractivity contribution in [1.82, 2.24) is 4.90 Å². The summed E-state index contributed by atoms with van der Waals surface area (Å²) in [6.45, 7) is 15.9. The monoisotopic (exact) mass is 850 g/mol. The van der Waals surface area contributed by atoms with Crippen molar-refractivity contribution in [3.63, 3.8) is 0 Å². The van der Waals surface area contributed by atoms with Gasteiger partial charge in [0, 0.05) is 6.04 Å². The molecule has 4 nitrogen and oxygen atoms in total. The topological polar surface area (TPSA) is 38.8 Å². The van der Waals surface area contributed by atoms with Crippen LogP contribution < -0.4 is 4.74 Å². The molecule has 4 heteroatoms. The molecule has 0 fully saturated rings. The van der Waals surface area contributed by atoms with Crippen molar-refractivity contribution < 1.29 is 14.3 Å². The Labute approximate surface area is 381 Å². The van der Waals surface area contributed by atoms with Crippen LogP contribution in [0.4, 0.5) is 0 Å². The van der Waals surface area contributed by atoms with E-state index in [1.54, 1.807) is 0 Å². The molecule has 1 aliphatic rings. The van der Waals surface area contributed by atoms with Crippen LogP contribution in [-0.2, 0) is 9.53 Å². The van der Waals surface area contributed by atoms with Crippen LogP contribution in [0.1, 0.15) is 278 Å². The van der Waals surface area contributed by atoms with Crippen LogP contribution in [-0.4, -0.2) is 36.6 Å². The molecule has 0 N–H and O–H groups in total. The first-order valence-electron chi connectivity index (χ1n) is 27.1. The Morgan fingerprint density at radius 2 is 0.984 bits per heavy atom. The second-order valence-electron chi connectivity index (χ2n) is 18.3. The standard InChI is InChI=1S/C55H97NO3.C2H6/c1-5-8-10-12-14-16-18-20-22-24-26-29-34-40-52(41-35-30-27-25-23-21-19-17-15-13-11-9-6-2)56(7-3)48-38-31-28-32-39-49-58-55(57)50(4)51-44-46-54(47-45-51)59-53-42-36-33-37-43-53;1-2/h36,42-47,50,52H,5-35,37-41,48-49H2,1-4H3;1-2H3. The van der Waals surface area contributed by atoms with Gasteiger partial charge in [0.2, 0.25) is 0 Å². The van der Waals surface area contributed by atoms with Crippen molar-refractivity contribution in [1.29, 1.82) is 0 Å². The van der Waals surface area contributed by atoms with Gasteiger partial charge in [0.05, 0.1) is 12.5 Å². The molecule has 0 saturated heterocycles. The van der Waals surface area contributed by atoms with E-state index in [1.807, 2.05) is 51.1 Å². The molecule has 1 aliphatic carbocycles. The van der Waals surface area contributed by atoms with Gasteiger partial charge in [-0.1, -0.05) is 239 Å². The minimum absolute atomic E-state index is 0.131.